The van der Waals surface area contributed by atoms with Crippen LogP contribution in [0, 0.1) is 0 Å². The molecule has 0 aliphatic heterocycles. The molecule has 27 heavy (non-hydrogen) atoms. The average Bonchev–Trinajstić information content (AvgIpc) is 2.65. The molecule has 0 amide bonds. The Morgan fingerprint density at radius 3 is 1.26 bits per heavy atom. The summed E-state index contributed by atoms with van der Waals surface area (Å²) in [5, 5.41) is 0. The predicted octanol–water partition coefficient (Wildman–Crippen LogP) is 3.85. The van der Waals surface area contributed by atoms with Crippen molar-refractivity contribution in [3.05, 3.63) is 0 Å². The summed E-state index contributed by atoms with van der Waals surface area (Å²) < 4.78 is 32.7. The molecule has 0 aliphatic carbocycles. The molecule has 0 unspecified atom stereocenters. The van der Waals surface area contributed by atoms with E-state index in [0.717, 1.165) is 13.0 Å². The van der Waals surface area contributed by atoms with Crippen LogP contribution in [0.25, 0.3) is 0 Å². The first kappa shape index (κ1) is 26.8. The van der Waals surface area contributed by atoms with Gasteiger partial charge in [0.15, 0.2) is 0 Å². The summed E-state index contributed by atoms with van der Waals surface area (Å²) >= 11 is 0. The molecule has 164 valence electrons. The van der Waals surface area contributed by atoms with E-state index in [0.29, 0.717) is 66.1 Å². The second-order valence-electron chi connectivity index (χ2n) is 6.75. The Balaban J connectivity index is 2.97. The summed E-state index contributed by atoms with van der Waals surface area (Å²) in [4.78, 5) is 0. The second-order valence-corrected chi connectivity index (χ2v) is 6.75. The van der Waals surface area contributed by atoms with E-state index in [9.17, 15) is 0 Å². The van der Waals surface area contributed by atoms with Crippen LogP contribution < -0.4 is 0 Å². The highest BCUT2D eigenvalue weighted by Crippen LogP contribution is 2.04. The zero-order valence-corrected chi connectivity index (χ0v) is 18.0. The fourth-order valence-electron chi connectivity index (χ4n) is 2.31. The first-order chi connectivity index (χ1) is 13.3. The maximum Gasteiger partial charge on any atom is 0.0703 e. The monoisotopic (exact) mass is 392 g/mol. The minimum absolute atomic E-state index is 0.253. The quantitative estimate of drug-likeness (QED) is 0.246. The van der Waals surface area contributed by atoms with E-state index < -0.39 is 0 Å². The number of ether oxygens (including phenoxy) is 6. The molecule has 6 heteroatoms. The molecular weight excluding hydrogens is 348 g/mol. The molecule has 0 aromatic carbocycles. The lowest BCUT2D eigenvalue weighted by atomic mass is 10.1. The fraction of sp³-hybridized carbons (Fsp3) is 1.00. The summed E-state index contributed by atoms with van der Waals surface area (Å²) in [6, 6.07) is 0. The minimum Gasteiger partial charge on any atom is -0.379 e. The lowest BCUT2D eigenvalue weighted by molar-refractivity contribution is -0.0213. The Hall–Kier alpha value is -0.240. The Bertz CT molecular complexity index is 263. The normalized spacial score (nSPS) is 11.6. The number of hydrogen-bond acceptors (Lipinski definition) is 6. The van der Waals surface area contributed by atoms with E-state index in [2.05, 4.69) is 6.92 Å². The molecule has 6 nitrogen and oxygen atoms in total. The van der Waals surface area contributed by atoms with Crippen LogP contribution in [0.1, 0.15) is 59.3 Å². The molecule has 0 heterocycles. The molecule has 0 atom stereocenters. The topological polar surface area (TPSA) is 55.4 Å². The van der Waals surface area contributed by atoms with Crippen molar-refractivity contribution in [3.8, 4) is 0 Å². The average molecular weight is 393 g/mol. The fourth-order valence-corrected chi connectivity index (χ4v) is 2.31. The van der Waals surface area contributed by atoms with Crippen LogP contribution in [0.5, 0.6) is 0 Å². The van der Waals surface area contributed by atoms with Crippen LogP contribution in [-0.2, 0) is 28.4 Å². The van der Waals surface area contributed by atoms with Crippen molar-refractivity contribution in [3.63, 3.8) is 0 Å². The lowest BCUT2D eigenvalue weighted by Gasteiger charge is -2.09. The molecule has 0 aliphatic rings. The molecule has 0 aromatic rings. The van der Waals surface area contributed by atoms with Crippen molar-refractivity contribution in [1.29, 1.82) is 0 Å². The van der Waals surface area contributed by atoms with Crippen LogP contribution in [0.2, 0.25) is 0 Å². The SMILES string of the molecule is CCCCCCCCOCCOCCOCCOCCOCCOC(C)C. The van der Waals surface area contributed by atoms with Crippen LogP contribution in [0.15, 0.2) is 0 Å². The zero-order valence-electron chi connectivity index (χ0n) is 18.0. The number of hydrogen-bond donors (Lipinski definition) is 0. The van der Waals surface area contributed by atoms with Crippen molar-refractivity contribution in [2.75, 3.05) is 72.7 Å². The van der Waals surface area contributed by atoms with Crippen LogP contribution in [-0.4, -0.2) is 78.8 Å². The van der Waals surface area contributed by atoms with Gasteiger partial charge in [-0.2, -0.15) is 0 Å². The van der Waals surface area contributed by atoms with Crippen molar-refractivity contribution < 1.29 is 28.4 Å². The maximum atomic E-state index is 5.55. The summed E-state index contributed by atoms with van der Waals surface area (Å²) in [5.74, 6) is 0. The summed E-state index contributed by atoms with van der Waals surface area (Å²) in [6.45, 7) is 13.2. The Labute approximate surface area is 167 Å². The summed E-state index contributed by atoms with van der Waals surface area (Å²) in [5.41, 5.74) is 0. The Kier molecular flexibility index (Phi) is 23.6. The molecule has 0 aromatic heterocycles. The van der Waals surface area contributed by atoms with Crippen molar-refractivity contribution in [2.24, 2.45) is 0 Å². The van der Waals surface area contributed by atoms with Gasteiger partial charge in [0.1, 0.15) is 0 Å². The highest BCUT2D eigenvalue weighted by Gasteiger charge is 1.95. The van der Waals surface area contributed by atoms with Gasteiger partial charge in [0, 0.05) is 6.61 Å². The van der Waals surface area contributed by atoms with Gasteiger partial charge >= 0.3 is 0 Å². The molecule has 0 saturated carbocycles. The van der Waals surface area contributed by atoms with Gasteiger partial charge < -0.3 is 28.4 Å². The van der Waals surface area contributed by atoms with Gasteiger partial charge in [-0.1, -0.05) is 39.0 Å². The van der Waals surface area contributed by atoms with Crippen LogP contribution in [0.3, 0.4) is 0 Å². The van der Waals surface area contributed by atoms with Gasteiger partial charge in [-0.25, -0.2) is 0 Å². The first-order valence-corrected chi connectivity index (χ1v) is 10.8. The van der Waals surface area contributed by atoms with Gasteiger partial charge in [-0.05, 0) is 20.3 Å². The Morgan fingerprint density at radius 1 is 0.444 bits per heavy atom. The van der Waals surface area contributed by atoms with E-state index >= 15 is 0 Å². The van der Waals surface area contributed by atoms with Crippen molar-refractivity contribution in [1.82, 2.24) is 0 Å². The molecule has 0 radical (unpaired) electrons. The molecule has 0 saturated heterocycles. The molecule has 0 spiro atoms. The van der Waals surface area contributed by atoms with Crippen molar-refractivity contribution >= 4 is 0 Å². The largest absolute Gasteiger partial charge is 0.379 e. The lowest BCUT2D eigenvalue weighted by Crippen LogP contribution is -2.14. The van der Waals surface area contributed by atoms with Gasteiger partial charge in [0.25, 0.3) is 0 Å². The highest BCUT2D eigenvalue weighted by molar-refractivity contribution is 4.43. The third kappa shape index (κ3) is 25.8. The van der Waals surface area contributed by atoms with Gasteiger partial charge in [0.2, 0.25) is 0 Å². The van der Waals surface area contributed by atoms with E-state index in [-0.39, 0.29) is 6.10 Å². The molecule has 0 rings (SSSR count). The predicted molar refractivity (Wildman–Crippen MR) is 109 cm³/mol. The molecule has 0 N–H and O–H groups in total. The van der Waals surface area contributed by atoms with Gasteiger partial charge in [0.05, 0.1) is 72.2 Å². The number of rotatable bonds is 23. The van der Waals surface area contributed by atoms with Gasteiger partial charge in [-0.15, -0.1) is 0 Å². The molecule has 0 bridgehead atoms. The smallest absolute Gasteiger partial charge is 0.0703 e. The molecular formula is C21H44O6. The van der Waals surface area contributed by atoms with Crippen LogP contribution in [0.4, 0.5) is 0 Å². The minimum atomic E-state index is 0.253. The van der Waals surface area contributed by atoms with Crippen molar-refractivity contribution in [2.45, 2.75) is 65.4 Å². The highest BCUT2D eigenvalue weighted by atomic mass is 16.6. The first-order valence-electron chi connectivity index (χ1n) is 10.8. The summed E-state index contributed by atoms with van der Waals surface area (Å²) in [6.07, 6.45) is 8.02. The maximum absolute atomic E-state index is 5.55. The third-order valence-electron chi connectivity index (χ3n) is 3.81. The zero-order chi connectivity index (χ0) is 19.8. The van der Waals surface area contributed by atoms with E-state index in [4.69, 9.17) is 28.4 Å². The third-order valence-corrected chi connectivity index (χ3v) is 3.81. The van der Waals surface area contributed by atoms with E-state index in [1.54, 1.807) is 0 Å². The van der Waals surface area contributed by atoms with E-state index in [1.165, 1.54) is 32.1 Å². The summed E-state index contributed by atoms with van der Waals surface area (Å²) in [7, 11) is 0. The molecule has 0 fully saturated rings. The number of unbranched alkanes of at least 4 members (excludes halogenated alkanes) is 5. The standard InChI is InChI=1S/C21H44O6/c1-4-5-6-7-8-9-10-22-11-12-23-13-14-24-15-16-25-17-18-26-19-20-27-21(2)3/h21H,4-20H2,1-3H3. The van der Waals surface area contributed by atoms with Gasteiger partial charge in [-0.3, -0.25) is 0 Å². The van der Waals surface area contributed by atoms with Crippen LogP contribution >= 0.6 is 0 Å². The second kappa shape index (κ2) is 23.8. The van der Waals surface area contributed by atoms with E-state index in [1.807, 2.05) is 13.8 Å². The Morgan fingerprint density at radius 2 is 0.815 bits per heavy atom.